The Kier molecular flexibility index (Phi) is 7.23. The summed E-state index contributed by atoms with van der Waals surface area (Å²) >= 11 is 0. The van der Waals surface area contributed by atoms with Gasteiger partial charge < -0.3 is 36.1 Å². The van der Waals surface area contributed by atoms with Gasteiger partial charge in [0, 0.05) is 32.6 Å². The van der Waals surface area contributed by atoms with Gasteiger partial charge in [0.1, 0.15) is 17.2 Å². The molecular weight excluding hydrogens is 483 g/mol. The predicted molar refractivity (Wildman–Crippen MR) is 136 cm³/mol. The number of aromatic amines is 2. The summed E-state index contributed by atoms with van der Waals surface area (Å²) in [5.74, 6) is -1.22. The number of H-pyrrole nitrogens is 2. The number of fused-ring (bicyclic) bond motifs is 2. The van der Waals surface area contributed by atoms with Crippen LogP contribution in [0.5, 0.6) is 0 Å². The molecule has 2 aromatic carbocycles. The summed E-state index contributed by atoms with van der Waals surface area (Å²) < 4.78 is 14.4. The summed E-state index contributed by atoms with van der Waals surface area (Å²) in [4.78, 5) is 48.3. The lowest BCUT2D eigenvalue weighted by Gasteiger charge is -2.18. The highest BCUT2D eigenvalue weighted by Gasteiger charge is 2.20. The molecule has 4 aromatic rings. The SMILES string of the molecule is CN(C)C(=O)C[C@H](O)C[C@H](O)CNC(=O)c1ccc2nc(-c3c(N)c4c(F)cccc4[nH]c3=O)[nH]c2c1. The molecule has 0 radical (unpaired) electrons. The number of imidazole rings is 1. The molecule has 7 N–H and O–H groups in total. The molecule has 0 saturated heterocycles. The largest absolute Gasteiger partial charge is 0.397 e. The van der Waals surface area contributed by atoms with E-state index in [1.54, 1.807) is 26.2 Å². The fraction of sp³-hybridized carbons (Fsp3) is 0.280. The summed E-state index contributed by atoms with van der Waals surface area (Å²) in [7, 11) is 3.14. The molecule has 0 saturated carbocycles. The fourth-order valence-electron chi connectivity index (χ4n) is 4.02. The number of aliphatic hydroxyl groups excluding tert-OH is 2. The fourth-order valence-corrected chi connectivity index (χ4v) is 4.02. The van der Waals surface area contributed by atoms with Crippen LogP contribution in [0.15, 0.2) is 41.2 Å². The molecule has 0 aliphatic rings. The van der Waals surface area contributed by atoms with Crippen LogP contribution in [0.2, 0.25) is 0 Å². The highest BCUT2D eigenvalue weighted by atomic mass is 19.1. The normalized spacial score (nSPS) is 13.0. The van der Waals surface area contributed by atoms with Crippen molar-refractivity contribution in [2.45, 2.75) is 25.0 Å². The molecule has 0 fully saturated rings. The van der Waals surface area contributed by atoms with Crippen LogP contribution in [0.25, 0.3) is 33.3 Å². The zero-order chi connectivity index (χ0) is 26.9. The average Bonchev–Trinajstić information content (AvgIpc) is 3.24. The zero-order valence-electron chi connectivity index (χ0n) is 20.2. The molecule has 0 unspecified atom stereocenters. The van der Waals surface area contributed by atoms with Gasteiger partial charge in [0.15, 0.2) is 0 Å². The van der Waals surface area contributed by atoms with Crippen molar-refractivity contribution in [3.63, 3.8) is 0 Å². The van der Waals surface area contributed by atoms with E-state index in [2.05, 4.69) is 20.3 Å². The van der Waals surface area contributed by atoms with E-state index in [4.69, 9.17) is 5.73 Å². The number of hydrogen-bond donors (Lipinski definition) is 6. The number of halogens is 1. The molecule has 0 aliphatic carbocycles. The molecule has 0 bridgehead atoms. The summed E-state index contributed by atoms with van der Waals surface area (Å²) in [5, 5.41) is 22.7. The van der Waals surface area contributed by atoms with E-state index in [0.717, 1.165) is 0 Å². The van der Waals surface area contributed by atoms with Gasteiger partial charge in [-0.25, -0.2) is 9.37 Å². The van der Waals surface area contributed by atoms with E-state index < -0.39 is 29.5 Å². The van der Waals surface area contributed by atoms with Crippen LogP contribution in [0.4, 0.5) is 10.1 Å². The number of rotatable bonds is 8. The average molecular weight is 511 g/mol. The molecule has 11 nitrogen and oxygen atoms in total. The number of nitrogen functional groups attached to an aromatic ring is 1. The third kappa shape index (κ3) is 5.44. The maximum atomic E-state index is 14.4. The maximum absolute atomic E-state index is 14.4. The smallest absolute Gasteiger partial charge is 0.261 e. The molecule has 194 valence electrons. The zero-order valence-corrected chi connectivity index (χ0v) is 20.2. The Labute approximate surface area is 210 Å². The number of carbonyl (C=O) groups excluding carboxylic acids is 2. The van der Waals surface area contributed by atoms with Gasteiger partial charge in [0.2, 0.25) is 5.91 Å². The van der Waals surface area contributed by atoms with Gasteiger partial charge in [-0.1, -0.05) is 6.07 Å². The molecule has 37 heavy (non-hydrogen) atoms. The summed E-state index contributed by atoms with van der Waals surface area (Å²) in [6.45, 7) is -0.132. The molecule has 0 spiro atoms. The second-order valence-corrected chi connectivity index (χ2v) is 8.97. The highest BCUT2D eigenvalue weighted by Crippen LogP contribution is 2.30. The Morgan fingerprint density at radius 3 is 2.62 bits per heavy atom. The van der Waals surface area contributed by atoms with Crippen molar-refractivity contribution in [1.82, 2.24) is 25.2 Å². The van der Waals surface area contributed by atoms with Crippen LogP contribution in [0.1, 0.15) is 23.2 Å². The quantitative estimate of drug-likeness (QED) is 0.206. The predicted octanol–water partition coefficient (Wildman–Crippen LogP) is 1.11. The van der Waals surface area contributed by atoms with Gasteiger partial charge in [-0.05, 0) is 30.3 Å². The van der Waals surface area contributed by atoms with Gasteiger partial charge in [-0.15, -0.1) is 0 Å². The number of nitrogens with two attached hydrogens (primary N) is 1. The van der Waals surface area contributed by atoms with Crippen molar-refractivity contribution < 1.29 is 24.2 Å². The number of benzene rings is 2. The van der Waals surface area contributed by atoms with Gasteiger partial charge in [0.25, 0.3) is 11.5 Å². The number of pyridine rings is 1. The minimum atomic E-state index is -1.06. The van der Waals surface area contributed by atoms with Crippen molar-refractivity contribution in [2.24, 2.45) is 0 Å². The van der Waals surface area contributed by atoms with Crippen molar-refractivity contribution in [3.8, 4) is 11.4 Å². The summed E-state index contributed by atoms with van der Waals surface area (Å²) in [5.41, 5.74) is 6.94. The number of aliphatic hydroxyl groups is 2. The van der Waals surface area contributed by atoms with Crippen molar-refractivity contribution in [3.05, 3.63) is 58.1 Å². The first-order valence-electron chi connectivity index (χ1n) is 11.5. The molecule has 2 heterocycles. The Balaban J connectivity index is 1.50. The Bertz CT molecular complexity index is 1550. The van der Waals surface area contributed by atoms with E-state index in [9.17, 15) is 29.0 Å². The molecule has 2 amide bonds. The molecule has 12 heteroatoms. The van der Waals surface area contributed by atoms with Crippen LogP contribution in [-0.4, -0.2) is 74.7 Å². The van der Waals surface area contributed by atoms with Crippen molar-refractivity contribution in [2.75, 3.05) is 26.4 Å². The van der Waals surface area contributed by atoms with Crippen LogP contribution < -0.4 is 16.6 Å². The lowest BCUT2D eigenvalue weighted by Crippen LogP contribution is -2.35. The standard InChI is InChI=1S/C25H27FN6O5/c1-32(2)19(35)10-13(33)9-14(34)11-28-24(36)12-6-7-16-18(8-12)30-23(29-16)21-22(27)20-15(26)4-3-5-17(20)31-25(21)37/h3-8,13-14,33-34H,9-11H2,1-2H3,(H,28,36)(H,29,30)(H3,27,31,37)/t13-,14+/m1/s1. The van der Waals surface area contributed by atoms with Crippen LogP contribution >= 0.6 is 0 Å². The summed E-state index contributed by atoms with van der Waals surface area (Å²) in [6, 6.07) is 8.86. The Morgan fingerprint density at radius 1 is 1.14 bits per heavy atom. The molecule has 0 aliphatic heterocycles. The lowest BCUT2D eigenvalue weighted by molar-refractivity contribution is -0.131. The number of anilines is 1. The summed E-state index contributed by atoms with van der Waals surface area (Å²) in [6.07, 6.45) is -2.31. The first kappa shape index (κ1) is 25.8. The minimum absolute atomic E-state index is 0.0192. The van der Waals surface area contributed by atoms with Gasteiger partial charge in [-0.2, -0.15) is 0 Å². The van der Waals surface area contributed by atoms with Gasteiger partial charge in [0.05, 0.1) is 46.3 Å². The van der Waals surface area contributed by atoms with Gasteiger partial charge >= 0.3 is 0 Å². The Hall–Kier alpha value is -4.29. The number of nitrogens with zero attached hydrogens (tertiary/aromatic N) is 2. The number of nitrogens with one attached hydrogen (secondary N) is 3. The van der Waals surface area contributed by atoms with Crippen molar-refractivity contribution >= 4 is 39.4 Å². The first-order chi connectivity index (χ1) is 17.5. The maximum Gasteiger partial charge on any atom is 0.261 e. The monoisotopic (exact) mass is 510 g/mol. The molecule has 2 atom stereocenters. The van der Waals surface area contributed by atoms with E-state index >= 15 is 0 Å². The minimum Gasteiger partial charge on any atom is -0.397 e. The number of aromatic nitrogens is 3. The van der Waals surface area contributed by atoms with Gasteiger partial charge in [-0.3, -0.25) is 14.4 Å². The third-order valence-electron chi connectivity index (χ3n) is 5.96. The second kappa shape index (κ2) is 10.4. The van der Waals surface area contributed by atoms with E-state index in [1.165, 1.54) is 29.2 Å². The first-order valence-corrected chi connectivity index (χ1v) is 11.5. The molecule has 2 aromatic heterocycles. The number of hydrogen-bond acceptors (Lipinski definition) is 7. The third-order valence-corrected chi connectivity index (χ3v) is 5.96. The second-order valence-electron chi connectivity index (χ2n) is 8.97. The van der Waals surface area contributed by atoms with E-state index in [0.29, 0.717) is 11.0 Å². The molecule has 4 rings (SSSR count). The highest BCUT2D eigenvalue weighted by molar-refractivity contribution is 6.00. The molecular formula is C25H27FN6O5. The van der Waals surface area contributed by atoms with Crippen LogP contribution in [0, 0.1) is 5.82 Å². The topological polar surface area (TPSA) is 177 Å². The Morgan fingerprint density at radius 2 is 1.89 bits per heavy atom. The number of amides is 2. The number of carbonyl (C=O) groups is 2. The van der Waals surface area contributed by atoms with Crippen molar-refractivity contribution in [1.29, 1.82) is 0 Å². The lowest BCUT2D eigenvalue weighted by atomic mass is 10.1. The van der Waals surface area contributed by atoms with E-state index in [1.807, 2.05) is 0 Å². The van der Waals surface area contributed by atoms with Crippen LogP contribution in [-0.2, 0) is 4.79 Å². The van der Waals surface area contributed by atoms with Crippen LogP contribution in [0.3, 0.4) is 0 Å². The van der Waals surface area contributed by atoms with E-state index in [-0.39, 0.29) is 58.8 Å².